The Morgan fingerprint density at radius 3 is 1.79 bits per heavy atom. The topological polar surface area (TPSA) is 0 Å². The highest BCUT2D eigenvalue weighted by Crippen LogP contribution is 2.82. The second kappa shape index (κ2) is 5.32. The lowest BCUT2D eigenvalue weighted by molar-refractivity contribution is 0.134. The summed E-state index contributed by atoms with van der Waals surface area (Å²) in [7, 11) is 0. The summed E-state index contributed by atoms with van der Waals surface area (Å²) in [4.78, 5) is -1.85. The minimum Gasteiger partial charge on any atom is -0.126 e. The molecule has 0 N–H and O–H groups in total. The molecular formula is C10H9Cl9. The maximum Gasteiger partial charge on any atom is 0.127 e. The Morgan fingerprint density at radius 1 is 0.947 bits per heavy atom. The van der Waals surface area contributed by atoms with Gasteiger partial charge in [0.25, 0.3) is 0 Å². The van der Waals surface area contributed by atoms with Gasteiger partial charge in [0.15, 0.2) is 0 Å². The molecule has 0 radical (unpaired) electrons. The van der Waals surface area contributed by atoms with E-state index in [0.717, 1.165) is 0 Å². The zero-order chi connectivity index (χ0) is 14.9. The van der Waals surface area contributed by atoms with Crippen molar-refractivity contribution in [2.24, 2.45) is 16.7 Å². The molecular weight excluding hydrogens is 439 g/mol. The molecule has 0 nitrogen and oxygen atoms in total. The predicted molar refractivity (Wildman–Crippen MR) is 88.2 cm³/mol. The third-order valence-electron chi connectivity index (χ3n) is 4.57. The maximum absolute atomic E-state index is 6.45. The first-order valence-corrected chi connectivity index (χ1v) is 9.17. The van der Waals surface area contributed by atoms with Crippen LogP contribution < -0.4 is 0 Å². The van der Waals surface area contributed by atoms with Gasteiger partial charge in [-0.1, -0.05) is 0 Å². The Hall–Kier alpha value is 2.61. The van der Waals surface area contributed by atoms with E-state index in [1.54, 1.807) is 0 Å². The van der Waals surface area contributed by atoms with Gasteiger partial charge in [0.05, 0.1) is 0 Å². The van der Waals surface area contributed by atoms with Gasteiger partial charge in [-0.05, 0) is 12.8 Å². The van der Waals surface area contributed by atoms with Crippen molar-refractivity contribution in [3.8, 4) is 0 Å². The van der Waals surface area contributed by atoms with Crippen molar-refractivity contribution in [1.29, 1.82) is 0 Å². The summed E-state index contributed by atoms with van der Waals surface area (Å²) in [6.07, 6.45) is 0.461. The monoisotopic (exact) mass is 444 g/mol. The van der Waals surface area contributed by atoms with Crippen LogP contribution in [0.5, 0.6) is 0 Å². The molecule has 112 valence electrons. The Bertz CT molecular complexity index is 379. The molecule has 2 saturated carbocycles. The van der Waals surface area contributed by atoms with Gasteiger partial charge >= 0.3 is 0 Å². The van der Waals surface area contributed by atoms with Gasteiger partial charge in [-0.25, -0.2) is 0 Å². The van der Waals surface area contributed by atoms with Gasteiger partial charge in [-0.3, -0.25) is 0 Å². The van der Waals surface area contributed by atoms with Crippen LogP contribution in [0, 0.1) is 16.7 Å². The first kappa shape index (κ1) is 18.0. The maximum atomic E-state index is 6.45. The van der Waals surface area contributed by atoms with Gasteiger partial charge in [0.1, 0.15) is 18.3 Å². The molecule has 3 atom stereocenters. The van der Waals surface area contributed by atoms with E-state index in [2.05, 4.69) is 0 Å². The third-order valence-corrected chi connectivity index (χ3v) is 8.32. The largest absolute Gasteiger partial charge is 0.127 e. The fourth-order valence-corrected chi connectivity index (χ4v) is 8.36. The Kier molecular flexibility index (Phi) is 5.02. The average Bonchev–Trinajstić information content (AvgIpc) is 2.57. The van der Waals surface area contributed by atoms with Crippen LogP contribution in [-0.2, 0) is 0 Å². The zero-order valence-electron chi connectivity index (χ0n) is 9.26. The van der Waals surface area contributed by atoms with Crippen molar-refractivity contribution in [2.75, 3.05) is 5.88 Å². The molecule has 0 spiro atoms. The Balaban J connectivity index is 2.72. The van der Waals surface area contributed by atoms with E-state index in [1.165, 1.54) is 0 Å². The van der Waals surface area contributed by atoms with Crippen LogP contribution in [0.3, 0.4) is 0 Å². The molecule has 0 aromatic heterocycles. The number of alkyl halides is 9. The van der Waals surface area contributed by atoms with E-state index in [-0.39, 0.29) is 18.7 Å². The lowest BCUT2D eigenvalue weighted by atomic mass is 9.69. The highest BCUT2D eigenvalue weighted by atomic mass is 35.5. The minimum absolute atomic E-state index is 0.0631. The van der Waals surface area contributed by atoms with Crippen molar-refractivity contribution in [2.45, 2.75) is 31.2 Å². The van der Waals surface area contributed by atoms with Crippen LogP contribution in [0.15, 0.2) is 0 Å². The van der Waals surface area contributed by atoms with E-state index in [4.69, 9.17) is 104 Å². The van der Waals surface area contributed by atoms with Crippen LogP contribution >= 0.6 is 104 Å². The molecule has 0 unspecified atom stereocenters. The summed E-state index contributed by atoms with van der Waals surface area (Å²) in [5, 5.41) is 0. The fraction of sp³-hybridized carbons (Fsp3) is 1.00. The van der Waals surface area contributed by atoms with Crippen LogP contribution in [0.25, 0.3) is 0 Å². The van der Waals surface area contributed by atoms with Gasteiger partial charge in [-0.15, -0.1) is 104 Å². The first-order valence-electron chi connectivity index (χ1n) is 5.37. The van der Waals surface area contributed by atoms with Crippen molar-refractivity contribution in [3.63, 3.8) is 0 Å². The first-order chi connectivity index (χ1) is 8.49. The van der Waals surface area contributed by atoms with Crippen LogP contribution in [0.4, 0.5) is 0 Å². The fourth-order valence-electron chi connectivity index (χ4n) is 3.64. The number of hydrogen-bond donors (Lipinski definition) is 0. The van der Waals surface area contributed by atoms with Crippen molar-refractivity contribution in [3.05, 3.63) is 0 Å². The normalized spacial score (nSPS) is 43.4. The SMILES string of the molecule is ClC[C@@]1(C(Cl)Cl)[C@@H]2CC(Cl)(Cl)[C@@]1(C(Cl)Cl)CC2(Cl)Cl. The number of hydrogen-bond acceptors (Lipinski definition) is 0. The molecule has 2 aliphatic carbocycles. The van der Waals surface area contributed by atoms with Crippen LogP contribution in [0.1, 0.15) is 12.8 Å². The molecule has 2 aliphatic rings. The molecule has 0 aromatic rings. The second-order valence-electron chi connectivity index (χ2n) is 5.15. The van der Waals surface area contributed by atoms with Crippen LogP contribution in [-0.4, -0.2) is 24.2 Å². The lowest BCUT2D eigenvalue weighted by Gasteiger charge is -2.48. The predicted octanol–water partition coefficient (Wildman–Crippen LogP) is 6.58. The summed E-state index contributed by atoms with van der Waals surface area (Å²) in [5.41, 5.74) is -2.02. The van der Waals surface area contributed by atoms with Crippen LogP contribution in [0.2, 0.25) is 0 Å². The minimum atomic E-state index is -1.24. The number of rotatable bonds is 3. The molecule has 2 rings (SSSR count). The molecule has 9 heteroatoms. The van der Waals surface area contributed by atoms with E-state index in [9.17, 15) is 0 Å². The summed E-state index contributed by atoms with van der Waals surface area (Å²) in [6.45, 7) is 0. The molecule has 0 aromatic carbocycles. The Morgan fingerprint density at radius 2 is 1.47 bits per heavy atom. The molecule has 0 amide bonds. The average molecular weight is 448 g/mol. The van der Waals surface area contributed by atoms with Crippen molar-refractivity contribution in [1.82, 2.24) is 0 Å². The van der Waals surface area contributed by atoms with E-state index in [1.807, 2.05) is 0 Å². The third kappa shape index (κ3) is 2.08. The van der Waals surface area contributed by atoms with Crippen molar-refractivity contribution < 1.29 is 0 Å². The molecule has 0 aliphatic heterocycles. The summed E-state index contributed by atoms with van der Waals surface area (Å²) in [6, 6.07) is 0. The molecule has 2 fully saturated rings. The number of fused-ring (bicyclic) bond motifs is 2. The summed E-state index contributed by atoms with van der Waals surface area (Å²) in [5.74, 6) is -0.330. The van der Waals surface area contributed by atoms with Crippen molar-refractivity contribution >= 4 is 104 Å². The highest BCUT2D eigenvalue weighted by molar-refractivity contribution is 6.55. The quantitative estimate of drug-likeness (QED) is 0.428. The second-order valence-corrected chi connectivity index (χ2v) is 10.6. The molecule has 0 heterocycles. The standard InChI is InChI=1S/C10H9Cl9/c11-3-7(5(12)13)4-1-10(18,19)8(7,6(14)15)2-9(4,16)17/h4-6H,1-3H2/t4-,7-,8+/m0/s1. The highest BCUT2D eigenvalue weighted by Gasteiger charge is 2.83. The van der Waals surface area contributed by atoms with E-state index in [0.29, 0.717) is 0 Å². The van der Waals surface area contributed by atoms with E-state index >= 15 is 0 Å². The summed E-state index contributed by atoms with van der Waals surface area (Å²) >= 11 is 56.6. The van der Waals surface area contributed by atoms with Gasteiger partial charge in [-0.2, -0.15) is 0 Å². The number of halogens is 9. The molecule has 19 heavy (non-hydrogen) atoms. The Labute approximate surface area is 157 Å². The van der Waals surface area contributed by atoms with E-state index < -0.39 is 35.1 Å². The molecule has 2 bridgehead atoms. The van der Waals surface area contributed by atoms with Gasteiger partial charge in [0, 0.05) is 22.6 Å². The lowest BCUT2D eigenvalue weighted by Crippen LogP contribution is -2.53. The smallest absolute Gasteiger partial charge is 0.126 e. The summed E-state index contributed by atoms with van der Waals surface area (Å²) < 4.78 is -2.36. The zero-order valence-corrected chi connectivity index (χ0v) is 16.1. The van der Waals surface area contributed by atoms with Gasteiger partial charge < -0.3 is 0 Å². The van der Waals surface area contributed by atoms with Gasteiger partial charge in [0.2, 0.25) is 0 Å². The molecule has 0 saturated heterocycles.